The molecule has 32 heavy (non-hydrogen) atoms. The first-order valence-corrected chi connectivity index (χ1v) is 10.7. The van der Waals surface area contributed by atoms with E-state index in [1.165, 1.54) is 13.8 Å². The highest BCUT2D eigenvalue weighted by atomic mass is 16.6. The smallest absolute Gasteiger partial charge is 0.335 e. The number of aliphatic hydroxyl groups excluding tert-OH is 1. The van der Waals surface area contributed by atoms with Gasteiger partial charge in [-0.05, 0) is 54.1 Å². The van der Waals surface area contributed by atoms with Crippen molar-refractivity contribution in [3.05, 3.63) is 36.5 Å². The van der Waals surface area contributed by atoms with Gasteiger partial charge in [-0.2, -0.15) is 0 Å². The Morgan fingerprint density at radius 2 is 1.22 bits per heavy atom. The maximum absolute atomic E-state index is 11.1. The number of rotatable bonds is 11. The summed E-state index contributed by atoms with van der Waals surface area (Å²) in [6, 6.07) is 0. The first-order chi connectivity index (χ1) is 14.7. The van der Waals surface area contributed by atoms with Crippen LogP contribution in [0, 0.1) is 0 Å². The van der Waals surface area contributed by atoms with Crippen molar-refractivity contribution in [3.8, 4) is 0 Å². The first kappa shape index (κ1) is 34.2. The minimum absolute atomic E-state index is 0.167. The van der Waals surface area contributed by atoms with Crippen molar-refractivity contribution in [1.29, 1.82) is 0 Å². The van der Waals surface area contributed by atoms with E-state index in [4.69, 9.17) is 14.6 Å². The maximum atomic E-state index is 11.1. The number of hydrogen-bond acceptors (Lipinski definition) is 8. The van der Waals surface area contributed by atoms with Crippen LogP contribution in [0.2, 0.25) is 0 Å². The molecule has 0 radical (unpaired) electrons. The van der Waals surface area contributed by atoms with Crippen molar-refractivity contribution in [2.45, 2.75) is 80.7 Å². The number of carbonyl (C=O) groups excluding carboxylic acids is 3. The van der Waals surface area contributed by atoms with E-state index in [-0.39, 0.29) is 23.7 Å². The molecule has 0 saturated carbocycles. The molecule has 0 amide bonds. The van der Waals surface area contributed by atoms with Gasteiger partial charge in [-0.25, -0.2) is 14.4 Å². The molecule has 0 fully saturated rings. The molecule has 186 valence electrons. The highest BCUT2D eigenvalue weighted by Gasteiger charge is 2.14. The van der Waals surface area contributed by atoms with E-state index in [2.05, 4.69) is 36.3 Å². The molecule has 1 N–H and O–H groups in total. The number of ether oxygens (including phenoxy) is 3. The fraction of sp³-hybridized carbons (Fsp3) is 0.625. The summed E-state index contributed by atoms with van der Waals surface area (Å²) in [7, 11) is 0. The van der Waals surface area contributed by atoms with Gasteiger partial charge in [-0.1, -0.05) is 46.9 Å². The molecule has 0 saturated heterocycles. The molecular formula is C24H43NO7. The van der Waals surface area contributed by atoms with Crippen molar-refractivity contribution in [1.82, 2.24) is 4.90 Å². The van der Waals surface area contributed by atoms with E-state index >= 15 is 0 Å². The van der Waals surface area contributed by atoms with E-state index in [1.807, 2.05) is 20.8 Å². The van der Waals surface area contributed by atoms with Crippen LogP contribution in [0.3, 0.4) is 0 Å². The van der Waals surface area contributed by atoms with Gasteiger partial charge in [0.25, 0.3) is 0 Å². The van der Waals surface area contributed by atoms with Gasteiger partial charge in [0.2, 0.25) is 0 Å². The molecule has 8 nitrogen and oxygen atoms in total. The molecule has 0 spiro atoms. The van der Waals surface area contributed by atoms with Gasteiger partial charge < -0.3 is 19.3 Å². The summed E-state index contributed by atoms with van der Waals surface area (Å²) < 4.78 is 14.3. The molecule has 0 aliphatic heterocycles. The fourth-order valence-electron chi connectivity index (χ4n) is 1.76. The van der Waals surface area contributed by atoms with Crippen LogP contribution in [-0.4, -0.2) is 60.1 Å². The lowest BCUT2D eigenvalue weighted by Crippen LogP contribution is -2.36. The standard InChI is InChI=1S/C10H19NO2.C8H14O2.C6H10O3/c1-6-11(7-2)9(5)13-10(12)8(3)4;1-4-5-6-10-8(9)7(2)3;1-4(2)6(8)9-5(3)7/h9H,3,6-7H2,1-2,4-5H3;2,4-6H2,1,3H3;5,7H,1H2,2-3H3. The topological polar surface area (TPSA) is 102 Å². The molecule has 0 aromatic heterocycles. The summed E-state index contributed by atoms with van der Waals surface area (Å²) >= 11 is 0. The summed E-state index contributed by atoms with van der Waals surface area (Å²) in [6.07, 6.45) is 0.760. The van der Waals surface area contributed by atoms with Crippen LogP contribution in [0.15, 0.2) is 36.5 Å². The van der Waals surface area contributed by atoms with E-state index in [9.17, 15) is 14.4 Å². The van der Waals surface area contributed by atoms with Crippen molar-refractivity contribution < 1.29 is 33.7 Å². The number of hydrogen-bond donors (Lipinski definition) is 1. The molecule has 0 bridgehead atoms. The molecule has 0 aliphatic rings. The third-order valence-electron chi connectivity index (χ3n) is 3.66. The molecule has 2 unspecified atom stereocenters. The maximum Gasteiger partial charge on any atom is 0.335 e. The molecule has 8 heteroatoms. The zero-order valence-corrected chi connectivity index (χ0v) is 21.2. The van der Waals surface area contributed by atoms with Crippen LogP contribution in [0.5, 0.6) is 0 Å². The monoisotopic (exact) mass is 457 g/mol. The number of unbranched alkanes of at least 4 members (excludes halogenated alkanes) is 1. The van der Waals surface area contributed by atoms with Crippen LogP contribution >= 0.6 is 0 Å². The highest BCUT2D eigenvalue weighted by molar-refractivity contribution is 5.87. The van der Waals surface area contributed by atoms with E-state index in [0.717, 1.165) is 25.9 Å². The number of carbonyl (C=O) groups is 3. The average Bonchev–Trinajstić information content (AvgIpc) is 2.69. The Morgan fingerprint density at radius 3 is 1.50 bits per heavy atom. The van der Waals surface area contributed by atoms with Crippen LogP contribution in [0.4, 0.5) is 0 Å². The van der Waals surface area contributed by atoms with Gasteiger partial charge in [-0.3, -0.25) is 4.90 Å². The normalized spacial score (nSPS) is 11.4. The molecule has 0 aromatic rings. The SMILES string of the molecule is C=C(C)C(=O)OC(C)N(CC)CC.C=C(C)C(=O)OC(C)O.C=C(C)C(=O)OCCCC. The third kappa shape index (κ3) is 20.8. The summed E-state index contributed by atoms with van der Waals surface area (Å²) in [6.45, 7) is 26.7. The predicted molar refractivity (Wildman–Crippen MR) is 127 cm³/mol. The number of esters is 3. The minimum atomic E-state index is -1.05. The lowest BCUT2D eigenvalue weighted by Gasteiger charge is -2.25. The van der Waals surface area contributed by atoms with Crippen LogP contribution in [-0.2, 0) is 28.6 Å². The Labute approximate surface area is 193 Å². The summed E-state index contributed by atoms with van der Waals surface area (Å²) in [5.41, 5.74) is 1.20. The first-order valence-electron chi connectivity index (χ1n) is 10.7. The van der Waals surface area contributed by atoms with Gasteiger partial charge in [0.05, 0.1) is 6.61 Å². The van der Waals surface area contributed by atoms with Crippen molar-refractivity contribution in [2.75, 3.05) is 19.7 Å². The molecule has 2 atom stereocenters. The second-order valence-corrected chi connectivity index (χ2v) is 7.06. The van der Waals surface area contributed by atoms with Gasteiger partial charge in [0.15, 0.2) is 12.5 Å². The van der Waals surface area contributed by atoms with Crippen molar-refractivity contribution in [3.63, 3.8) is 0 Å². The highest BCUT2D eigenvalue weighted by Crippen LogP contribution is 2.03. The van der Waals surface area contributed by atoms with Gasteiger partial charge in [0, 0.05) is 16.7 Å². The van der Waals surface area contributed by atoms with Crippen molar-refractivity contribution in [2.24, 2.45) is 0 Å². The Bertz CT molecular complexity index is 607. The Hall–Kier alpha value is -2.45. The van der Waals surface area contributed by atoms with Crippen molar-refractivity contribution >= 4 is 17.9 Å². The molecular weight excluding hydrogens is 414 g/mol. The molecule has 0 aliphatic carbocycles. The van der Waals surface area contributed by atoms with Gasteiger partial charge in [0.1, 0.15) is 0 Å². The third-order valence-corrected chi connectivity index (χ3v) is 3.66. The summed E-state index contributed by atoms with van der Waals surface area (Å²) in [5, 5.41) is 8.49. The second-order valence-electron chi connectivity index (χ2n) is 7.06. The lowest BCUT2D eigenvalue weighted by molar-refractivity contribution is -0.159. The number of nitrogens with zero attached hydrogens (tertiary/aromatic N) is 1. The zero-order chi connectivity index (χ0) is 25.9. The Balaban J connectivity index is -0.000000403. The van der Waals surface area contributed by atoms with Gasteiger partial charge >= 0.3 is 17.9 Å². The van der Waals surface area contributed by atoms with Crippen LogP contribution < -0.4 is 0 Å². The second kappa shape index (κ2) is 20.5. The Kier molecular flexibility index (Phi) is 21.8. The lowest BCUT2D eigenvalue weighted by atomic mass is 10.3. The molecule has 0 heterocycles. The minimum Gasteiger partial charge on any atom is -0.462 e. The van der Waals surface area contributed by atoms with Crippen LogP contribution in [0.1, 0.15) is 68.2 Å². The average molecular weight is 458 g/mol. The molecule has 0 rings (SSSR count). The molecule has 0 aromatic carbocycles. The number of aliphatic hydroxyl groups is 1. The van der Waals surface area contributed by atoms with E-state index in [0.29, 0.717) is 17.8 Å². The summed E-state index contributed by atoms with van der Waals surface area (Å²) in [4.78, 5) is 34.4. The fourth-order valence-corrected chi connectivity index (χ4v) is 1.76. The quantitative estimate of drug-likeness (QED) is 0.162. The zero-order valence-electron chi connectivity index (χ0n) is 21.2. The largest absolute Gasteiger partial charge is 0.462 e. The summed E-state index contributed by atoms with van der Waals surface area (Å²) in [5.74, 6) is -1.17. The van der Waals surface area contributed by atoms with Gasteiger partial charge in [-0.15, -0.1) is 0 Å². The van der Waals surface area contributed by atoms with E-state index in [1.54, 1.807) is 13.8 Å². The Morgan fingerprint density at radius 1 is 0.812 bits per heavy atom. The van der Waals surface area contributed by atoms with E-state index < -0.39 is 12.3 Å². The predicted octanol–water partition coefficient (Wildman–Crippen LogP) is 4.14. The van der Waals surface area contributed by atoms with Crippen LogP contribution in [0.25, 0.3) is 0 Å².